The van der Waals surface area contributed by atoms with Gasteiger partial charge in [-0.3, -0.25) is 4.79 Å². The number of hydrogen-bond acceptors (Lipinski definition) is 4. The molecule has 0 spiro atoms. The molecule has 0 bridgehead atoms. The molecule has 0 aliphatic rings. The first-order valence-corrected chi connectivity index (χ1v) is 9.97. The van der Waals surface area contributed by atoms with Gasteiger partial charge in [0.1, 0.15) is 0 Å². The van der Waals surface area contributed by atoms with Crippen LogP contribution in [-0.4, -0.2) is 32.7 Å². The van der Waals surface area contributed by atoms with E-state index in [4.69, 9.17) is 16.0 Å². The maximum atomic E-state index is 12.7. The fourth-order valence-electron chi connectivity index (χ4n) is 2.77. The molecule has 3 aromatic rings. The molecule has 8 heteroatoms. The van der Waals surface area contributed by atoms with Crippen molar-refractivity contribution in [3.05, 3.63) is 58.3 Å². The van der Waals surface area contributed by atoms with Crippen LogP contribution in [0.4, 0.5) is 5.69 Å². The molecule has 0 saturated heterocycles. The minimum absolute atomic E-state index is 0.134. The average molecular weight is 407 g/mol. The number of amides is 1. The van der Waals surface area contributed by atoms with E-state index in [-0.39, 0.29) is 10.7 Å². The number of nitrogens with zero attached hydrogens (tertiary/aromatic N) is 1. The van der Waals surface area contributed by atoms with Gasteiger partial charge in [0.15, 0.2) is 11.3 Å². The number of benzene rings is 2. The van der Waals surface area contributed by atoms with Gasteiger partial charge in [-0.2, -0.15) is 0 Å². The first-order chi connectivity index (χ1) is 12.6. The van der Waals surface area contributed by atoms with Crippen LogP contribution in [0.5, 0.6) is 0 Å². The second-order valence-electron chi connectivity index (χ2n) is 6.39. The van der Waals surface area contributed by atoms with Crippen LogP contribution in [0.15, 0.2) is 45.7 Å². The van der Waals surface area contributed by atoms with E-state index in [1.807, 2.05) is 6.07 Å². The van der Waals surface area contributed by atoms with Crippen LogP contribution in [0, 0.1) is 13.8 Å². The van der Waals surface area contributed by atoms with Crippen molar-refractivity contribution in [2.45, 2.75) is 18.7 Å². The lowest BCUT2D eigenvalue weighted by molar-refractivity contribution is 0.0998. The quantitative estimate of drug-likeness (QED) is 0.703. The third-order valence-corrected chi connectivity index (χ3v) is 6.58. The molecule has 0 atom stereocenters. The van der Waals surface area contributed by atoms with Gasteiger partial charge in [0, 0.05) is 30.7 Å². The third-order valence-electron chi connectivity index (χ3n) is 4.33. The zero-order valence-electron chi connectivity index (χ0n) is 15.3. The molecule has 142 valence electrons. The highest BCUT2D eigenvalue weighted by atomic mass is 35.5. The molecule has 1 N–H and O–H groups in total. The maximum absolute atomic E-state index is 12.7. The second-order valence-corrected chi connectivity index (χ2v) is 8.92. The number of nitrogens with one attached hydrogen (secondary N) is 1. The van der Waals surface area contributed by atoms with Crippen LogP contribution in [0.1, 0.15) is 21.7 Å². The summed E-state index contributed by atoms with van der Waals surface area (Å²) in [6, 6.07) is 10.0. The molecule has 6 nitrogen and oxygen atoms in total. The van der Waals surface area contributed by atoms with Gasteiger partial charge in [0.2, 0.25) is 10.0 Å². The molecular weight excluding hydrogens is 388 g/mol. The molecule has 0 fully saturated rings. The molecule has 1 aromatic heterocycles. The summed E-state index contributed by atoms with van der Waals surface area (Å²) in [6.07, 6.45) is 0. The monoisotopic (exact) mass is 406 g/mol. The Kier molecular flexibility index (Phi) is 5.03. The van der Waals surface area contributed by atoms with Crippen LogP contribution in [-0.2, 0) is 10.0 Å². The first kappa shape index (κ1) is 19.4. The number of rotatable bonds is 4. The fraction of sp³-hybridized carbons (Fsp3) is 0.211. The van der Waals surface area contributed by atoms with Gasteiger partial charge in [-0.1, -0.05) is 29.8 Å². The Morgan fingerprint density at radius 3 is 2.48 bits per heavy atom. The SMILES string of the molecule is Cc1ccc(NC(=O)c2oc3c(Cl)cccc3c2C)cc1S(=O)(=O)N(C)C. The molecule has 2 aromatic carbocycles. The Labute approximate surface area is 162 Å². The number of furan rings is 1. The van der Waals surface area contributed by atoms with Gasteiger partial charge >= 0.3 is 0 Å². The summed E-state index contributed by atoms with van der Waals surface area (Å²) in [7, 11) is -0.704. The molecule has 0 aliphatic heterocycles. The van der Waals surface area contributed by atoms with Crippen molar-refractivity contribution in [3.8, 4) is 0 Å². The Balaban J connectivity index is 1.98. The predicted molar refractivity (Wildman–Crippen MR) is 106 cm³/mol. The van der Waals surface area contributed by atoms with Gasteiger partial charge in [-0.25, -0.2) is 12.7 Å². The molecule has 0 radical (unpaired) electrons. The van der Waals surface area contributed by atoms with Crippen molar-refractivity contribution in [3.63, 3.8) is 0 Å². The lowest BCUT2D eigenvalue weighted by Crippen LogP contribution is -2.23. The van der Waals surface area contributed by atoms with Crippen LogP contribution < -0.4 is 5.32 Å². The van der Waals surface area contributed by atoms with Gasteiger partial charge in [-0.15, -0.1) is 0 Å². The smallest absolute Gasteiger partial charge is 0.291 e. The molecule has 0 saturated carbocycles. The molecule has 0 aliphatic carbocycles. The zero-order valence-corrected chi connectivity index (χ0v) is 16.9. The predicted octanol–water partition coefficient (Wildman–Crippen LogP) is 4.21. The highest BCUT2D eigenvalue weighted by Gasteiger charge is 2.22. The molecule has 27 heavy (non-hydrogen) atoms. The van der Waals surface area contributed by atoms with Gasteiger partial charge in [-0.05, 0) is 37.6 Å². The highest BCUT2D eigenvalue weighted by molar-refractivity contribution is 7.89. The normalized spacial score (nSPS) is 11.9. The second kappa shape index (κ2) is 6.99. The average Bonchev–Trinajstić information content (AvgIpc) is 2.95. The summed E-state index contributed by atoms with van der Waals surface area (Å²) in [5, 5.41) is 3.88. The summed E-state index contributed by atoms with van der Waals surface area (Å²) in [5.41, 5.74) is 2.06. The minimum atomic E-state index is -3.62. The summed E-state index contributed by atoms with van der Waals surface area (Å²) in [5.74, 6) is -0.340. The van der Waals surface area contributed by atoms with E-state index >= 15 is 0 Å². The third kappa shape index (κ3) is 3.45. The zero-order chi connectivity index (χ0) is 19.9. The van der Waals surface area contributed by atoms with Crippen molar-refractivity contribution < 1.29 is 17.6 Å². The Bertz CT molecular complexity index is 1150. The van der Waals surface area contributed by atoms with Crippen molar-refractivity contribution in [2.75, 3.05) is 19.4 Å². The number of hydrogen-bond donors (Lipinski definition) is 1. The minimum Gasteiger partial charge on any atom is -0.449 e. The number of carbonyl (C=O) groups excluding carboxylic acids is 1. The number of halogens is 1. The molecule has 1 amide bonds. The van der Waals surface area contributed by atoms with Crippen molar-refractivity contribution in [1.82, 2.24) is 4.31 Å². The number of aryl methyl sites for hydroxylation is 2. The van der Waals surface area contributed by atoms with Gasteiger partial charge in [0.25, 0.3) is 5.91 Å². The van der Waals surface area contributed by atoms with Gasteiger partial charge in [0.05, 0.1) is 9.92 Å². The lowest BCUT2D eigenvalue weighted by Gasteiger charge is -2.15. The Morgan fingerprint density at radius 1 is 1.15 bits per heavy atom. The van der Waals surface area contributed by atoms with E-state index in [1.165, 1.54) is 20.2 Å². The largest absolute Gasteiger partial charge is 0.449 e. The standard InChI is InChI=1S/C19H19ClN2O4S/c1-11-8-9-13(10-16(11)27(24,25)22(3)4)21-19(23)17-12(2)14-6-5-7-15(20)18(14)26-17/h5-10H,1-4H3,(H,21,23). The Morgan fingerprint density at radius 2 is 1.85 bits per heavy atom. The summed E-state index contributed by atoms with van der Waals surface area (Å²) < 4.78 is 31.7. The van der Waals surface area contributed by atoms with Crippen LogP contribution in [0.25, 0.3) is 11.0 Å². The van der Waals surface area contributed by atoms with Crippen LogP contribution in [0.2, 0.25) is 5.02 Å². The fourth-order valence-corrected chi connectivity index (χ4v) is 4.12. The van der Waals surface area contributed by atoms with E-state index in [0.717, 1.165) is 9.69 Å². The number of fused-ring (bicyclic) bond motifs is 1. The summed E-state index contributed by atoms with van der Waals surface area (Å²) in [4.78, 5) is 12.8. The molecule has 1 heterocycles. The summed E-state index contributed by atoms with van der Waals surface area (Å²) in [6.45, 7) is 3.47. The van der Waals surface area contributed by atoms with E-state index in [0.29, 0.717) is 27.4 Å². The number of carbonyl (C=O) groups is 1. The molecule has 3 rings (SSSR count). The Hall–Kier alpha value is -2.35. The highest BCUT2D eigenvalue weighted by Crippen LogP contribution is 2.31. The number of sulfonamides is 1. The summed E-state index contributed by atoms with van der Waals surface area (Å²) >= 11 is 6.13. The van der Waals surface area contributed by atoms with E-state index in [9.17, 15) is 13.2 Å². The van der Waals surface area contributed by atoms with Crippen molar-refractivity contribution in [2.24, 2.45) is 0 Å². The molecule has 0 unspecified atom stereocenters. The number of anilines is 1. The van der Waals surface area contributed by atoms with E-state index in [1.54, 1.807) is 38.1 Å². The lowest BCUT2D eigenvalue weighted by atomic mass is 10.1. The first-order valence-electron chi connectivity index (χ1n) is 8.15. The van der Waals surface area contributed by atoms with E-state index in [2.05, 4.69) is 5.32 Å². The van der Waals surface area contributed by atoms with Crippen molar-refractivity contribution in [1.29, 1.82) is 0 Å². The van der Waals surface area contributed by atoms with Crippen LogP contribution >= 0.6 is 11.6 Å². The number of para-hydroxylation sites is 1. The van der Waals surface area contributed by atoms with Crippen molar-refractivity contribution >= 4 is 44.2 Å². The van der Waals surface area contributed by atoms with Crippen LogP contribution in [0.3, 0.4) is 0 Å². The molecular formula is C19H19ClN2O4S. The topological polar surface area (TPSA) is 79.6 Å². The van der Waals surface area contributed by atoms with Gasteiger partial charge < -0.3 is 9.73 Å². The maximum Gasteiger partial charge on any atom is 0.291 e. The van der Waals surface area contributed by atoms with E-state index < -0.39 is 15.9 Å².